The smallest absolute Gasteiger partial charge is 0.304 e. The van der Waals surface area contributed by atoms with E-state index in [1.807, 2.05) is 0 Å². The molecule has 9 amide bonds. The Morgan fingerprint density at radius 1 is 0.451 bits per heavy atom. The minimum Gasteiger partial charge on any atom is -0.508 e. The lowest BCUT2D eigenvalue weighted by molar-refractivity contribution is -0.143. The molecule has 38 nitrogen and oxygen atoms in total. The van der Waals surface area contributed by atoms with Crippen LogP contribution in [0.4, 0.5) is 0 Å². The van der Waals surface area contributed by atoms with Gasteiger partial charge in [0.25, 0.3) is 0 Å². The van der Waals surface area contributed by atoms with Crippen molar-refractivity contribution in [1.29, 1.82) is 0 Å². The SMILES string of the molecule is CC[C@H]1CC(=O)N(CCCC(=O)CSCC(=O)C[C@@H](CCC(=O)O)C(=O)NCC(=O)C[C@H](C(=O)N[C@@H](Cc2ccccc2)C(=O)C[C@H](C(=O)N[C@@H](CO)C(=O)C[C@@H](CC(=O)O)C(=O)N[C@@H](Cc2ccc(O)cc2)C(=O)C[C@@H](CO)C(=O)N[C@H](C(=O)C[C@@H](Cc2ccc(O)cc2)C(=O)N[C@@H](CC(C)C)C(=O)C[C@@H](CC(=O)O)C(=O)N[C@H](C)CCCCN)[C@@H](C)CC)[C@@H](C)O)[C@@H](C)O)C1=O. The fourth-order valence-electron chi connectivity index (χ4n) is 15.3. The minimum atomic E-state index is -2.00. The molecular formula is C94H133N9O29S. The van der Waals surface area contributed by atoms with Crippen LogP contribution in [0.15, 0.2) is 78.9 Å². The van der Waals surface area contributed by atoms with Gasteiger partial charge < -0.3 is 88.9 Å². The fraction of sp³-hybridized carbons (Fsp3) is 0.596. The van der Waals surface area contributed by atoms with Crippen molar-refractivity contribution in [3.05, 3.63) is 95.6 Å². The van der Waals surface area contributed by atoms with Crippen LogP contribution in [0, 0.1) is 59.2 Å². The zero-order chi connectivity index (χ0) is 99.5. The lowest BCUT2D eigenvalue weighted by Gasteiger charge is -2.28. The van der Waals surface area contributed by atoms with Crippen LogP contribution in [0.25, 0.3) is 0 Å². The number of carboxylic acid groups (broad SMARTS) is 3. The number of carbonyl (C=O) groups excluding carboxylic acids is 17. The van der Waals surface area contributed by atoms with Gasteiger partial charge in [-0.15, -0.1) is 11.8 Å². The van der Waals surface area contributed by atoms with Gasteiger partial charge in [0.1, 0.15) is 29.1 Å². The van der Waals surface area contributed by atoms with Gasteiger partial charge in [-0.05, 0) is 138 Å². The standard InChI is InChI=1S/C94H133N9O29S/c1-9-53(5)86(81(117)40-62(34-58-21-26-66(108)27-22-58)89(127)98-73(33-52(3)4)77(113)38-63(43-84(121)122)88(126)97-54(6)17-14-15-31-95)102-91(129)65(48-104)41-78(114)74(36-59-23-28-67(109)29-24-59)99-90(128)64(44-85(123)124)39-79(115)76(49-105)101-93(131)72(56(8)107)46-80(116)75(35-57-18-12-11-13-19-57)100-92(130)71(55(7)106)45-69(111)47-96-87(125)61(25-30-83(119)120)37-70(112)51-133-50-68(110)20-16-32-103-82(118)42-60(10-2)94(103)132/h11-13,18-19,21-24,26-29,52-56,60-65,71-76,86,104-109H,9-10,14-17,20,25,30-51,95H2,1-8H3,(H,96,125)(H,97,126)(H,98,127)(H,99,128)(H,100,130)(H,101,131)(H,102,129)(H,119,120)(H,121,122)(H,123,124)/t53-,54+,55+,56+,60-,61+,62+,63-,64-,65-,71-,72-,73-,74-,75-,76-,86-/m0/s1. The van der Waals surface area contributed by atoms with Crippen LogP contribution in [0.5, 0.6) is 11.5 Å². The summed E-state index contributed by atoms with van der Waals surface area (Å²) in [4.78, 5) is 273. The zero-order valence-corrected chi connectivity index (χ0v) is 77.6. The molecule has 3 aromatic carbocycles. The number of imide groups is 1. The molecular weight excluding hydrogens is 1750 g/mol. The quantitative estimate of drug-likeness (QED) is 0.0285. The highest BCUT2D eigenvalue weighted by atomic mass is 32.2. The number of nitrogens with zero attached hydrogens (tertiary/aromatic N) is 1. The highest BCUT2D eigenvalue weighted by Gasteiger charge is 2.42. The second kappa shape index (κ2) is 58.6. The molecule has 1 heterocycles. The predicted molar refractivity (Wildman–Crippen MR) is 483 cm³/mol. The first-order valence-corrected chi connectivity index (χ1v) is 46.2. The lowest BCUT2D eigenvalue weighted by atomic mass is 9.85. The van der Waals surface area contributed by atoms with Gasteiger partial charge in [0.05, 0.1) is 110 Å². The molecule has 1 fully saturated rings. The largest absolute Gasteiger partial charge is 0.508 e. The average Bonchev–Trinajstić information content (AvgIpc) is 1.81. The molecule has 17 atom stereocenters. The Kier molecular flexibility index (Phi) is 50.2. The number of rotatable bonds is 68. The average molecular weight is 1890 g/mol. The number of aliphatic hydroxyl groups is 4. The van der Waals surface area contributed by atoms with Crippen LogP contribution in [0.2, 0.25) is 0 Å². The molecule has 0 unspecified atom stereocenters. The lowest BCUT2D eigenvalue weighted by Crippen LogP contribution is -2.52. The van der Waals surface area contributed by atoms with Crippen molar-refractivity contribution in [1.82, 2.24) is 42.1 Å². The first kappa shape index (κ1) is 114. The number of thioether (sulfide) groups is 1. The number of hydrogen-bond donors (Lipinski definition) is 17. The molecule has 39 heteroatoms. The van der Waals surface area contributed by atoms with Gasteiger partial charge in [-0.3, -0.25) is 101 Å². The Morgan fingerprint density at radius 2 is 0.925 bits per heavy atom. The highest BCUT2D eigenvalue weighted by Crippen LogP contribution is 2.28. The number of nitrogens with one attached hydrogen (secondary N) is 7. The number of carbonyl (C=O) groups is 20. The Balaban J connectivity index is 1.52. The molecule has 0 aliphatic carbocycles. The molecule has 0 bridgehead atoms. The highest BCUT2D eigenvalue weighted by molar-refractivity contribution is 8.00. The summed E-state index contributed by atoms with van der Waals surface area (Å²) in [5.74, 6) is -31.2. The predicted octanol–water partition coefficient (Wildman–Crippen LogP) is 2.85. The van der Waals surface area contributed by atoms with E-state index in [1.54, 1.807) is 71.9 Å². The molecule has 734 valence electrons. The van der Waals surface area contributed by atoms with Crippen LogP contribution in [-0.4, -0.2) is 261 Å². The maximum Gasteiger partial charge on any atom is 0.304 e. The van der Waals surface area contributed by atoms with E-state index in [1.165, 1.54) is 48.5 Å². The van der Waals surface area contributed by atoms with E-state index in [2.05, 4.69) is 37.2 Å². The van der Waals surface area contributed by atoms with Crippen molar-refractivity contribution in [3.63, 3.8) is 0 Å². The van der Waals surface area contributed by atoms with Gasteiger partial charge in [-0.25, -0.2) is 0 Å². The van der Waals surface area contributed by atoms with Gasteiger partial charge in [-0.2, -0.15) is 0 Å². The number of aliphatic carboxylic acids is 3. The van der Waals surface area contributed by atoms with E-state index in [0.717, 1.165) is 30.5 Å². The number of Topliss-reactive ketones (excluding diaryl/α,β-unsaturated/α-hetero) is 8. The normalized spacial score (nSPS) is 16.2. The third kappa shape index (κ3) is 40.9. The summed E-state index contributed by atoms with van der Waals surface area (Å²) < 4.78 is 0. The number of unbranched alkanes of at least 4 members (excludes halogenated alkanes) is 1. The van der Waals surface area contributed by atoms with Crippen molar-refractivity contribution in [2.75, 3.05) is 44.4 Å². The number of ketones is 8. The number of aliphatic hydroxyl groups excluding tert-OH is 4. The Hall–Kier alpha value is -11.4. The Morgan fingerprint density at radius 3 is 1.44 bits per heavy atom. The van der Waals surface area contributed by atoms with Gasteiger partial charge in [0, 0.05) is 94.5 Å². The van der Waals surface area contributed by atoms with E-state index in [0.29, 0.717) is 43.4 Å². The van der Waals surface area contributed by atoms with E-state index in [9.17, 15) is 142 Å². The number of amides is 9. The van der Waals surface area contributed by atoms with Crippen LogP contribution in [0.1, 0.15) is 200 Å². The van der Waals surface area contributed by atoms with Crippen LogP contribution >= 0.6 is 11.8 Å². The van der Waals surface area contributed by atoms with E-state index in [4.69, 9.17) is 5.73 Å². The van der Waals surface area contributed by atoms with Crippen LogP contribution in [-0.2, 0) is 115 Å². The number of likely N-dealkylation sites (tertiary alicyclic amines) is 1. The number of aromatic hydroxyl groups is 2. The number of carboxylic acids is 3. The summed E-state index contributed by atoms with van der Waals surface area (Å²) in [6.07, 6.45) is -9.41. The molecule has 133 heavy (non-hydrogen) atoms. The Labute approximate surface area is 777 Å². The fourth-order valence-corrected chi connectivity index (χ4v) is 16.1. The molecule has 3 aromatic rings. The van der Waals surface area contributed by atoms with E-state index < -0.39 is 292 Å². The molecule has 0 radical (unpaired) electrons. The summed E-state index contributed by atoms with van der Waals surface area (Å²) in [7, 11) is 0. The molecule has 0 aromatic heterocycles. The van der Waals surface area contributed by atoms with Gasteiger partial charge >= 0.3 is 17.9 Å². The van der Waals surface area contributed by atoms with Gasteiger partial charge in [0.2, 0.25) is 53.2 Å². The summed E-state index contributed by atoms with van der Waals surface area (Å²) in [6, 6.07) is 10.4. The summed E-state index contributed by atoms with van der Waals surface area (Å²) in [5, 5.41) is 111. The Bertz CT molecular complexity index is 4470. The van der Waals surface area contributed by atoms with Crippen molar-refractivity contribution in [3.8, 4) is 11.5 Å². The van der Waals surface area contributed by atoms with Crippen molar-refractivity contribution in [2.45, 2.75) is 252 Å². The maximum absolute atomic E-state index is 14.9. The second-order valence-corrected chi connectivity index (χ2v) is 35.9. The summed E-state index contributed by atoms with van der Waals surface area (Å²) in [6.45, 7) is 9.99. The second-order valence-electron chi connectivity index (χ2n) is 34.9. The van der Waals surface area contributed by atoms with Crippen molar-refractivity contribution in [2.24, 2.45) is 64.9 Å². The molecule has 4 rings (SSSR count). The first-order chi connectivity index (χ1) is 62.8. The van der Waals surface area contributed by atoms with E-state index >= 15 is 0 Å². The molecule has 1 aliphatic rings. The molecule has 1 saturated heterocycles. The summed E-state index contributed by atoms with van der Waals surface area (Å²) >= 11 is 0.943. The van der Waals surface area contributed by atoms with Crippen molar-refractivity contribution < 1.29 is 142 Å². The molecule has 18 N–H and O–H groups in total. The maximum atomic E-state index is 14.9. The number of nitrogens with two attached hydrogens (primary N) is 1. The van der Waals surface area contributed by atoms with Gasteiger partial charge in [-0.1, -0.05) is 102 Å². The van der Waals surface area contributed by atoms with Crippen LogP contribution in [0.3, 0.4) is 0 Å². The topological polar surface area (TPSA) is 637 Å². The number of phenols is 2. The van der Waals surface area contributed by atoms with E-state index in [-0.39, 0.29) is 110 Å². The molecule has 0 saturated carbocycles. The minimum absolute atomic E-state index is 0.0164. The van der Waals surface area contributed by atoms with Crippen molar-refractivity contribution >= 4 is 129 Å². The number of hydrogen-bond acceptors (Lipinski definition) is 28. The van der Waals surface area contributed by atoms with Crippen LogP contribution < -0.4 is 43.0 Å². The third-order valence-electron chi connectivity index (χ3n) is 23.4. The molecule has 1 aliphatic heterocycles. The van der Waals surface area contributed by atoms with Gasteiger partial charge in [0.15, 0.2) is 34.7 Å². The monoisotopic (exact) mass is 1880 g/mol. The number of benzene rings is 3. The first-order valence-electron chi connectivity index (χ1n) is 45.1. The number of phenolic OH excluding ortho intramolecular Hbond substituents is 2. The molecule has 0 spiro atoms. The summed E-state index contributed by atoms with van der Waals surface area (Å²) in [5.41, 5.74) is 6.76. The zero-order valence-electron chi connectivity index (χ0n) is 76.7. The third-order valence-corrected chi connectivity index (χ3v) is 24.4.